The molecule has 2 heterocycles. The lowest BCUT2D eigenvalue weighted by atomic mass is 10.2. The third-order valence-corrected chi connectivity index (χ3v) is 5.33. The highest BCUT2D eigenvalue weighted by molar-refractivity contribution is 6.30. The smallest absolute Gasteiger partial charge is 0.224 e. The summed E-state index contributed by atoms with van der Waals surface area (Å²) < 4.78 is 11.1. The molecule has 0 saturated carbocycles. The zero-order valence-electron chi connectivity index (χ0n) is 18.1. The Morgan fingerprint density at radius 3 is 2.64 bits per heavy atom. The van der Waals surface area contributed by atoms with Crippen LogP contribution in [0.5, 0.6) is 11.5 Å². The predicted octanol–water partition coefficient (Wildman–Crippen LogP) is 4.83. The van der Waals surface area contributed by atoms with Crippen LogP contribution in [0.4, 0.5) is 5.69 Å². The van der Waals surface area contributed by atoms with Gasteiger partial charge in [0.15, 0.2) is 11.5 Å². The van der Waals surface area contributed by atoms with Crippen LogP contribution >= 0.6 is 11.6 Å². The van der Waals surface area contributed by atoms with Gasteiger partial charge in [-0.25, -0.2) is 0 Å². The molecule has 0 unspecified atom stereocenters. The van der Waals surface area contributed by atoms with Crippen LogP contribution in [0.1, 0.15) is 18.4 Å². The summed E-state index contributed by atoms with van der Waals surface area (Å²) in [5.74, 6) is 1.88. The number of benzene rings is 2. The number of amides is 1. The van der Waals surface area contributed by atoms with Crippen molar-refractivity contribution in [2.75, 3.05) is 18.5 Å². The first-order chi connectivity index (χ1) is 16.0. The third kappa shape index (κ3) is 5.96. The summed E-state index contributed by atoms with van der Waals surface area (Å²) in [5, 5.41) is 5.33. The minimum absolute atomic E-state index is 0.123. The molecule has 0 saturated heterocycles. The molecular formula is C25H25ClN4O3. The molecule has 2 aromatic carbocycles. The van der Waals surface area contributed by atoms with Crippen LogP contribution in [-0.2, 0) is 11.3 Å². The molecule has 0 bridgehead atoms. The number of nitrogens with zero attached hydrogens (tertiary/aromatic N) is 2. The Bertz CT molecular complexity index is 1120. The number of carbonyl (C=O) groups excluding carboxylic acids is 1. The number of amidine groups is 1. The SMILES string of the molecule is C=C1C=CC(=NCc2ccc(Cl)cc2)NN1C(=C)CCC(=O)Nc1ccc2c(c1)OCCO2. The maximum atomic E-state index is 12.5. The van der Waals surface area contributed by atoms with Gasteiger partial charge in [-0.1, -0.05) is 36.9 Å². The molecule has 33 heavy (non-hydrogen) atoms. The molecular weight excluding hydrogens is 440 g/mol. The predicted molar refractivity (Wildman–Crippen MR) is 130 cm³/mol. The lowest BCUT2D eigenvalue weighted by molar-refractivity contribution is -0.116. The number of hydrazine groups is 1. The number of anilines is 1. The maximum Gasteiger partial charge on any atom is 0.224 e. The van der Waals surface area contributed by atoms with Gasteiger partial charge in [-0.3, -0.25) is 20.2 Å². The van der Waals surface area contributed by atoms with E-state index in [-0.39, 0.29) is 12.3 Å². The second-order valence-corrected chi connectivity index (χ2v) is 8.01. The average Bonchev–Trinajstić information content (AvgIpc) is 2.83. The number of aliphatic imine (C=N–C) groups is 1. The van der Waals surface area contributed by atoms with Gasteiger partial charge >= 0.3 is 0 Å². The molecule has 0 aromatic heterocycles. The van der Waals surface area contributed by atoms with E-state index in [1.807, 2.05) is 36.4 Å². The molecule has 1 amide bonds. The first kappa shape index (κ1) is 22.5. The Hall–Kier alpha value is -3.71. The minimum atomic E-state index is -0.123. The van der Waals surface area contributed by atoms with Crippen molar-refractivity contribution in [2.45, 2.75) is 19.4 Å². The lowest BCUT2D eigenvalue weighted by Gasteiger charge is -2.31. The fourth-order valence-corrected chi connectivity index (χ4v) is 3.45. The largest absolute Gasteiger partial charge is 0.486 e. The number of fused-ring (bicyclic) bond motifs is 1. The third-order valence-electron chi connectivity index (χ3n) is 5.08. The van der Waals surface area contributed by atoms with Gasteiger partial charge in [0.25, 0.3) is 0 Å². The molecule has 7 nitrogen and oxygen atoms in total. The number of rotatable bonds is 7. The Morgan fingerprint density at radius 2 is 1.85 bits per heavy atom. The molecule has 8 heteroatoms. The fraction of sp³-hybridized carbons (Fsp3) is 0.200. The first-order valence-electron chi connectivity index (χ1n) is 10.6. The van der Waals surface area contributed by atoms with E-state index in [2.05, 4.69) is 28.9 Å². The van der Waals surface area contributed by atoms with Crippen LogP contribution in [-0.4, -0.2) is 30.0 Å². The number of carbonyl (C=O) groups is 1. The van der Waals surface area contributed by atoms with E-state index in [9.17, 15) is 4.79 Å². The number of nitrogens with one attached hydrogen (secondary N) is 2. The van der Waals surface area contributed by atoms with Crippen LogP contribution in [0, 0.1) is 0 Å². The van der Waals surface area contributed by atoms with Gasteiger partial charge in [0.1, 0.15) is 19.0 Å². The summed E-state index contributed by atoms with van der Waals surface area (Å²) in [5.41, 5.74) is 6.34. The standard InChI is InChI=1S/C25H25ClN4O3/c1-17-3-11-24(27-16-19-5-7-20(26)8-6-19)29-30(17)18(2)4-12-25(31)28-21-9-10-22-23(15-21)33-14-13-32-22/h3,5-11,15H,1-2,4,12-14,16H2,(H,27,29)(H,28,31). The summed E-state index contributed by atoms with van der Waals surface area (Å²) in [4.78, 5) is 17.1. The zero-order valence-corrected chi connectivity index (χ0v) is 18.9. The van der Waals surface area contributed by atoms with Gasteiger partial charge in [-0.05, 0) is 48.4 Å². The maximum absolute atomic E-state index is 12.5. The quantitative estimate of drug-likeness (QED) is 0.613. The van der Waals surface area contributed by atoms with E-state index in [0.717, 1.165) is 11.3 Å². The van der Waals surface area contributed by atoms with E-state index in [1.54, 1.807) is 23.2 Å². The van der Waals surface area contributed by atoms with Crippen molar-refractivity contribution in [1.29, 1.82) is 0 Å². The highest BCUT2D eigenvalue weighted by Crippen LogP contribution is 2.32. The highest BCUT2D eigenvalue weighted by atomic mass is 35.5. The Labute approximate surface area is 198 Å². The van der Waals surface area contributed by atoms with Gasteiger partial charge in [-0.2, -0.15) is 0 Å². The lowest BCUT2D eigenvalue weighted by Crippen LogP contribution is -2.42. The molecule has 0 atom stereocenters. The van der Waals surface area contributed by atoms with E-state index >= 15 is 0 Å². The molecule has 2 aliphatic rings. The first-order valence-corrected chi connectivity index (χ1v) is 11.0. The van der Waals surface area contributed by atoms with Crippen molar-refractivity contribution in [3.05, 3.63) is 89.8 Å². The molecule has 2 N–H and O–H groups in total. The Balaban J connectivity index is 1.29. The molecule has 0 spiro atoms. The minimum Gasteiger partial charge on any atom is -0.486 e. The van der Waals surface area contributed by atoms with Crippen molar-refractivity contribution < 1.29 is 14.3 Å². The molecule has 4 rings (SSSR count). The number of hydrogen-bond acceptors (Lipinski definition) is 5. The summed E-state index contributed by atoms with van der Waals surface area (Å²) in [7, 11) is 0. The Kier molecular flexibility index (Phi) is 7.00. The van der Waals surface area contributed by atoms with E-state index in [1.165, 1.54) is 0 Å². The van der Waals surface area contributed by atoms with Crippen molar-refractivity contribution in [1.82, 2.24) is 10.4 Å². The van der Waals surface area contributed by atoms with Crippen LogP contribution in [0.2, 0.25) is 5.02 Å². The fourth-order valence-electron chi connectivity index (χ4n) is 3.32. The number of hydrogen-bond donors (Lipinski definition) is 2. The molecule has 0 aliphatic carbocycles. The van der Waals surface area contributed by atoms with Gasteiger partial charge in [0.2, 0.25) is 5.91 Å². The average molecular weight is 465 g/mol. The van der Waals surface area contributed by atoms with Crippen LogP contribution in [0.25, 0.3) is 0 Å². The van der Waals surface area contributed by atoms with E-state index in [0.29, 0.717) is 59.9 Å². The molecule has 2 aliphatic heterocycles. The number of ether oxygens (including phenoxy) is 2. The van der Waals surface area contributed by atoms with Gasteiger partial charge in [-0.15, -0.1) is 0 Å². The normalized spacial score (nSPS) is 15.8. The number of halogens is 1. The summed E-state index contributed by atoms with van der Waals surface area (Å²) in [6.07, 6.45) is 4.43. The monoisotopic (exact) mass is 464 g/mol. The Morgan fingerprint density at radius 1 is 1.09 bits per heavy atom. The van der Waals surface area contributed by atoms with Crippen molar-refractivity contribution in [3.8, 4) is 11.5 Å². The topological polar surface area (TPSA) is 75.2 Å². The van der Waals surface area contributed by atoms with Crippen molar-refractivity contribution in [3.63, 3.8) is 0 Å². The van der Waals surface area contributed by atoms with E-state index < -0.39 is 0 Å². The van der Waals surface area contributed by atoms with Gasteiger partial charge in [0, 0.05) is 28.9 Å². The summed E-state index contributed by atoms with van der Waals surface area (Å²) in [6.45, 7) is 9.68. The van der Waals surface area contributed by atoms with Crippen LogP contribution in [0.15, 0.2) is 84.2 Å². The molecule has 2 aromatic rings. The van der Waals surface area contributed by atoms with E-state index in [4.69, 9.17) is 21.1 Å². The zero-order chi connectivity index (χ0) is 23.2. The van der Waals surface area contributed by atoms with Crippen molar-refractivity contribution >= 4 is 29.0 Å². The highest BCUT2D eigenvalue weighted by Gasteiger charge is 2.17. The number of allylic oxidation sites excluding steroid dienone is 2. The van der Waals surface area contributed by atoms with Gasteiger partial charge in [0.05, 0.1) is 12.2 Å². The second-order valence-electron chi connectivity index (χ2n) is 7.57. The van der Waals surface area contributed by atoms with Crippen LogP contribution in [0.3, 0.4) is 0 Å². The summed E-state index contributed by atoms with van der Waals surface area (Å²) >= 11 is 5.93. The van der Waals surface area contributed by atoms with Gasteiger partial charge < -0.3 is 14.8 Å². The molecule has 0 fully saturated rings. The summed E-state index contributed by atoms with van der Waals surface area (Å²) in [6, 6.07) is 12.9. The molecule has 0 radical (unpaired) electrons. The second kappa shape index (κ2) is 10.3. The van der Waals surface area contributed by atoms with Crippen molar-refractivity contribution in [2.24, 2.45) is 4.99 Å². The molecule has 170 valence electrons. The van der Waals surface area contributed by atoms with Crippen LogP contribution < -0.4 is 20.2 Å².